The third kappa shape index (κ3) is 6.96. The highest BCUT2D eigenvalue weighted by Gasteiger charge is 2.37. The predicted molar refractivity (Wildman–Crippen MR) is 130 cm³/mol. The van der Waals surface area contributed by atoms with E-state index in [0.717, 1.165) is 9.75 Å². The molecule has 0 bridgehead atoms. The van der Waals surface area contributed by atoms with Crippen LogP contribution in [0.1, 0.15) is 44.2 Å². The van der Waals surface area contributed by atoms with Crippen molar-refractivity contribution < 1.29 is 38.9 Å². The Morgan fingerprint density at radius 3 is 2.06 bits per heavy atom. The van der Waals surface area contributed by atoms with Crippen molar-refractivity contribution >= 4 is 35.0 Å². The number of aliphatic hydroxyl groups excluding tert-OH is 1. The summed E-state index contributed by atoms with van der Waals surface area (Å²) in [6, 6.07) is 9.45. The minimum absolute atomic E-state index is 0.0337. The second kappa shape index (κ2) is 12.2. The molecule has 1 aromatic heterocycles. The number of piperidine rings is 2. The van der Waals surface area contributed by atoms with Crippen molar-refractivity contribution in [2.45, 2.75) is 38.3 Å². The maximum Gasteiger partial charge on any atom is 0.414 e. The Morgan fingerprint density at radius 2 is 1.53 bits per heavy atom. The van der Waals surface area contributed by atoms with Crippen molar-refractivity contribution in [2.24, 2.45) is 5.92 Å². The Bertz CT molecular complexity index is 1080. The Hall–Kier alpha value is -3.15. The lowest BCUT2D eigenvalue weighted by Gasteiger charge is -2.44. The van der Waals surface area contributed by atoms with Crippen molar-refractivity contribution in [3.63, 3.8) is 0 Å². The van der Waals surface area contributed by atoms with Gasteiger partial charge in [-0.15, -0.1) is 11.3 Å². The molecule has 4 rings (SSSR count). The molecule has 1 amide bonds. The number of benzene rings is 1. The van der Waals surface area contributed by atoms with Gasteiger partial charge >= 0.3 is 11.9 Å². The first-order valence-electron chi connectivity index (χ1n) is 11.6. The maximum absolute atomic E-state index is 13.1. The number of aryl methyl sites for hydroxylation is 1. The quantitative estimate of drug-likeness (QED) is 0.413. The first-order chi connectivity index (χ1) is 17.1. The van der Waals surface area contributed by atoms with E-state index < -0.39 is 18.0 Å². The van der Waals surface area contributed by atoms with Crippen LogP contribution in [0.4, 0.5) is 4.39 Å². The standard InChI is InChI=1S/C23H27FN2O3S.C2H2O4/c1-15-2-7-21(30-15)23(29)26-13-10-20(27)19(14-26)25-11-8-17(9-12-25)22(28)16-3-5-18(24)6-4-16;3-1(4)2(5)6/h2-7,17,19-20,27H,8-14H2,1H3;(H,3,4)(H,5,6)/t19-,20-;/m1./s1. The third-order valence-electron chi connectivity index (χ3n) is 6.47. The number of Topliss-reactive ketones (excluding diaryl/α,β-unsaturated/α-hetero) is 1. The molecule has 2 atom stereocenters. The molecule has 1 aromatic carbocycles. The largest absolute Gasteiger partial charge is 0.473 e. The average molecular weight is 521 g/mol. The molecule has 0 radical (unpaired) electrons. The lowest BCUT2D eigenvalue weighted by Crippen LogP contribution is -2.58. The van der Waals surface area contributed by atoms with E-state index in [2.05, 4.69) is 4.90 Å². The monoisotopic (exact) mass is 520 g/mol. The molecular formula is C25H29FN2O7S. The highest BCUT2D eigenvalue weighted by atomic mass is 32.1. The van der Waals surface area contributed by atoms with E-state index in [-0.39, 0.29) is 29.5 Å². The molecule has 0 saturated carbocycles. The number of hydrogen-bond donors (Lipinski definition) is 3. The second-order valence-corrected chi connectivity index (χ2v) is 10.2. The van der Waals surface area contributed by atoms with Gasteiger partial charge in [-0.3, -0.25) is 14.5 Å². The van der Waals surface area contributed by atoms with Gasteiger partial charge in [0.25, 0.3) is 5.91 Å². The SMILES string of the molecule is Cc1ccc(C(=O)N2CC[C@@H](O)[C@H](N3CCC(C(=O)c4ccc(F)cc4)CC3)C2)s1.O=C(O)C(=O)O. The van der Waals surface area contributed by atoms with Gasteiger partial charge in [-0.05, 0) is 75.7 Å². The van der Waals surface area contributed by atoms with Crippen LogP contribution in [0.25, 0.3) is 0 Å². The molecule has 3 N–H and O–H groups in total. The van der Waals surface area contributed by atoms with Gasteiger partial charge in [0.2, 0.25) is 0 Å². The van der Waals surface area contributed by atoms with E-state index in [1.165, 1.54) is 23.5 Å². The summed E-state index contributed by atoms with van der Waals surface area (Å²) < 4.78 is 13.1. The number of aliphatic carboxylic acids is 2. The molecule has 2 aliphatic heterocycles. The number of halogens is 1. The van der Waals surface area contributed by atoms with E-state index in [4.69, 9.17) is 19.8 Å². The van der Waals surface area contributed by atoms with Gasteiger partial charge < -0.3 is 20.2 Å². The molecule has 0 aliphatic carbocycles. The number of aliphatic hydroxyl groups is 1. The number of carboxylic acids is 2. The summed E-state index contributed by atoms with van der Waals surface area (Å²) in [5, 5.41) is 25.4. The normalized spacial score (nSPS) is 20.8. The number of carboxylic acid groups (broad SMARTS) is 2. The molecule has 2 aromatic rings. The smallest absolute Gasteiger partial charge is 0.414 e. The van der Waals surface area contributed by atoms with Crippen LogP contribution in [0.15, 0.2) is 36.4 Å². The second-order valence-electron chi connectivity index (χ2n) is 8.88. The van der Waals surface area contributed by atoms with E-state index >= 15 is 0 Å². The Morgan fingerprint density at radius 1 is 0.917 bits per heavy atom. The Balaban J connectivity index is 0.000000538. The van der Waals surface area contributed by atoms with E-state index in [9.17, 15) is 19.1 Å². The van der Waals surface area contributed by atoms with E-state index in [1.807, 2.05) is 24.0 Å². The number of rotatable bonds is 4. The molecular weight excluding hydrogens is 491 g/mol. The van der Waals surface area contributed by atoms with Crippen molar-refractivity contribution in [3.8, 4) is 0 Å². The number of ketones is 1. The third-order valence-corrected chi connectivity index (χ3v) is 7.45. The predicted octanol–water partition coefficient (Wildman–Crippen LogP) is 2.52. The fraction of sp³-hybridized carbons (Fsp3) is 0.440. The van der Waals surface area contributed by atoms with Gasteiger partial charge in [0.15, 0.2) is 5.78 Å². The van der Waals surface area contributed by atoms with Crippen LogP contribution in [0.5, 0.6) is 0 Å². The zero-order chi connectivity index (χ0) is 26.4. The molecule has 2 saturated heterocycles. The minimum Gasteiger partial charge on any atom is -0.473 e. The lowest BCUT2D eigenvalue weighted by molar-refractivity contribution is -0.159. The summed E-state index contributed by atoms with van der Waals surface area (Å²) in [6.45, 7) is 4.47. The fourth-order valence-corrected chi connectivity index (χ4v) is 5.35. The fourth-order valence-electron chi connectivity index (χ4n) is 4.51. The van der Waals surface area contributed by atoms with Crippen molar-refractivity contribution in [2.75, 3.05) is 26.2 Å². The van der Waals surface area contributed by atoms with Gasteiger partial charge in [-0.1, -0.05) is 0 Å². The van der Waals surface area contributed by atoms with Crippen molar-refractivity contribution in [3.05, 3.63) is 57.5 Å². The van der Waals surface area contributed by atoms with Crippen LogP contribution in [-0.4, -0.2) is 87.1 Å². The zero-order valence-electron chi connectivity index (χ0n) is 19.8. The van der Waals surface area contributed by atoms with E-state index in [0.29, 0.717) is 51.0 Å². The highest BCUT2D eigenvalue weighted by Crippen LogP contribution is 2.27. The number of hydrogen-bond acceptors (Lipinski definition) is 7. The van der Waals surface area contributed by atoms with Gasteiger partial charge in [0.1, 0.15) is 5.82 Å². The number of thiophene rings is 1. The highest BCUT2D eigenvalue weighted by molar-refractivity contribution is 7.13. The average Bonchev–Trinajstić information content (AvgIpc) is 3.30. The van der Waals surface area contributed by atoms with Gasteiger partial charge in [-0.2, -0.15) is 0 Å². The van der Waals surface area contributed by atoms with Crippen LogP contribution in [0, 0.1) is 18.7 Å². The number of amides is 1. The van der Waals surface area contributed by atoms with Gasteiger partial charge in [0, 0.05) is 29.4 Å². The zero-order valence-corrected chi connectivity index (χ0v) is 20.6. The molecule has 194 valence electrons. The molecule has 9 nitrogen and oxygen atoms in total. The number of likely N-dealkylation sites (tertiary alicyclic amines) is 2. The van der Waals surface area contributed by atoms with Crippen LogP contribution in [0.3, 0.4) is 0 Å². The van der Waals surface area contributed by atoms with Crippen LogP contribution >= 0.6 is 11.3 Å². The first-order valence-corrected chi connectivity index (χ1v) is 12.4. The molecule has 11 heteroatoms. The Labute approximate surface area is 211 Å². The first kappa shape index (κ1) is 27.4. The lowest BCUT2D eigenvalue weighted by atomic mass is 9.87. The van der Waals surface area contributed by atoms with Crippen LogP contribution in [0.2, 0.25) is 0 Å². The summed E-state index contributed by atoms with van der Waals surface area (Å²) in [6.07, 6.45) is 1.51. The maximum atomic E-state index is 13.1. The summed E-state index contributed by atoms with van der Waals surface area (Å²) in [4.78, 5) is 49.7. The topological polar surface area (TPSA) is 135 Å². The molecule has 36 heavy (non-hydrogen) atoms. The summed E-state index contributed by atoms with van der Waals surface area (Å²) in [7, 11) is 0. The number of nitrogens with zero attached hydrogens (tertiary/aromatic N) is 2. The van der Waals surface area contributed by atoms with E-state index in [1.54, 1.807) is 12.1 Å². The number of carbonyl (C=O) groups excluding carboxylic acids is 2. The van der Waals surface area contributed by atoms with Crippen LogP contribution < -0.4 is 0 Å². The number of carbonyl (C=O) groups is 4. The van der Waals surface area contributed by atoms with Gasteiger partial charge in [-0.25, -0.2) is 14.0 Å². The molecule has 2 fully saturated rings. The van der Waals surface area contributed by atoms with Crippen molar-refractivity contribution in [1.82, 2.24) is 9.80 Å². The summed E-state index contributed by atoms with van der Waals surface area (Å²) >= 11 is 1.50. The van der Waals surface area contributed by atoms with Gasteiger partial charge in [0.05, 0.1) is 17.0 Å². The minimum atomic E-state index is -1.82. The summed E-state index contributed by atoms with van der Waals surface area (Å²) in [5.74, 6) is -3.98. The molecule has 3 heterocycles. The van der Waals surface area contributed by atoms with Crippen LogP contribution in [-0.2, 0) is 9.59 Å². The van der Waals surface area contributed by atoms with Crippen molar-refractivity contribution in [1.29, 1.82) is 0 Å². The molecule has 2 aliphatic rings. The Kier molecular flexibility index (Phi) is 9.30. The molecule has 0 unspecified atom stereocenters. The molecule has 0 spiro atoms. The summed E-state index contributed by atoms with van der Waals surface area (Å²) in [5.41, 5.74) is 0.551.